The Morgan fingerprint density at radius 3 is 2.76 bits per heavy atom. The van der Waals surface area contributed by atoms with Crippen LogP contribution in [-0.4, -0.2) is 22.7 Å². The first kappa shape index (κ1) is 15.3. The summed E-state index contributed by atoms with van der Waals surface area (Å²) in [5.41, 5.74) is -0.0354. The number of hydrogen-bond donors (Lipinski definition) is 1. The van der Waals surface area contributed by atoms with E-state index in [1.54, 1.807) is 0 Å². The Hall–Kier alpha value is -2.13. The van der Waals surface area contributed by atoms with Gasteiger partial charge in [0.05, 0.1) is 22.7 Å². The van der Waals surface area contributed by atoms with Crippen molar-refractivity contribution < 1.29 is 14.8 Å². The second-order valence-corrected chi connectivity index (χ2v) is 5.33. The van der Waals surface area contributed by atoms with E-state index in [0.29, 0.717) is 0 Å². The second kappa shape index (κ2) is 7.04. The van der Waals surface area contributed by atoms with Gasteiger partial charge in [0.15, 0.2) is 5.75 Å². The van der Waals surface area contributed by atoms with Crippen molar-refractivity contribution in [1.82, 2.24) is 0 Å². The molecule has 0 radical (unpaired) electrons. The van der Waals surface area contributed by atoms with Gasteiger partial charge in [-0.05, 0) is 30.9 Å². The van der Waals surface area contributed by atoms with Crippen LogP contribution in [0, 0.1) is 27.4 Å². The lowest BCUT2D eigenvalue weighted by Crippen LogP contribution is -2.29. The SMILES string of the molecule is N#Cc1ccc(OC[C@H](O)C2CCCCC2)c([N+](=O)[O-])c1. The van der Waals surface area contributed by atoms with Crippen LogP contribution in [0.4, 0.5) is 5.69 Å². The fraction of sp³-hybridized carbons (Fsp3) is 0.533. The molecule has 0 bridgehead atoms. The van der Waals surface area contributed by atoms with E-state index in [2.05, 4.69) is 0 Å². The molecule has 1 aliphatic carbocycles. The summed E-state index contributed by atoms with van der Waals surface area (Å²) in [6, 6.07) is 5.91. The predicted octanol–water partition coefficient (Wildman–Crippen LogP) is 2.79. The van der Waals surface area contributed by atoms with E-state index in [1.807, 2.05) is 6.07 Å². The molecule has 6 nitrogen and oxygen atoms in total. The van der Waals surface area contributed by atoms with Crippen LogP contribution in [0.15, 0.2) is 18.2 Å². The fourth-order valence-corrected chi connectivity index (χ4v) is 2.68. The summed E-state index contributed by atoms with van der Waals surface area (Å²) in [4.78, 5) is 10.4. The third-order valence-corrected chi connectivity index (χ3v) is 3.89. The quantitative estimate of drug-likeness (QED) is 0.664. The highest BCUT2D eigenvalue weighted by molar-refractivity contribution is 5.51. The summed E-state index contributed by atoms with van der Waals surface area (Å²) >= 11 is 0. The highest BCUT2D eigenvalue weighted by atomic mass is 16.6. The molecule has 0 aromatic heterocycles. The molecule has 2 rings (SSSR count). The largest absolute Gasteiger partial charge is 0.484 e. The number of rotatable bonds is 5. The van der Waals surface area contributed by atoms with E-state index in [4.69, 9.17) is 10.00 Å². The van der Waals surface area contributed by atoms with Crippen molar-refractivity contribution in [2.75, 3.05) is 6.61 Å². The van der Waals surface area contributed by atoms with E-state index in [0.717, 1.165) is 25.7 Å². The van der Waals surface area contributed by atoms with Gasteiger partial charge in [0.25, 0.3) is 0 Å². The molecule has 1 saturated carbocycles. The third-order valence-electron chi connectivity index (χ3n) is 3.89. The molecule has 21 heavy (non-hydrogen) atoms. The van der Waals surface area contributed by atoms with Gasteiger partial charge < -0.3 is 9.84 Å². The standard InChI is InChI=1S/C15H18N2O4/c16-9-11-6-7-15(13(8-11)17(19)20)21-10-14(18)12-4-2-1-3-5-12/h6-8,12,14,18H,1-5,10H2/t14-/m0/s1. The predicted molar refractivity (Wildman–Crippen MR) is 75.9 cm³/mol. The van der Waals surface area contributed by atoms with Crippen molar-refractivity contribution in [1.29, 1.82) is 5.26 Å². The Bertz CT molecular complexity index is 547. The van der Waals surface area contributed by atoms with E-state index >= 15 is 0 Å². The van der Waals surface area contributed by atoms with E-state index in [9.17, 15) is 15.2 Å². The zero-order chi connectivity index (χ0) is 15.2. The average molecular weight is 290 g/mol. The highest BCUT2D eigenvalue weighted by Gasteiger charge is 2.23. The number of benzene rings is 1. The molecule has 112 valence electrons. The molecule has 0 amide bonds. The molecule has 6 heteroatoms. The van der Waals surface area contributed by atoms with Crippen molar-refractivity contribution in [3.8, 4) is 11.8 Å². The van der Waals surface area contributed by atoms with Gasteiger partial charge in [0, 0.05) is 6.07 Å². The highest BCUT2D eigenvalue weighted by Crippen LogP contribution is 2.30. The number of ether oxygens (including phenoxy) is 1. The van der Waals surface area contributed by atoms with E-state index in [-0.39, 0.29) is 29.5 Å². The number of hydrogen-bond acceptors (Lipinski definition) is 5. The summed E-state index contributed by atoms with van der Waals surface area (Å²) in [7, 11) is 0. The molecule has 1 N–H and O–H groups in total. The fourth-order valence-electron chi connectivity index (χ4n) is 2.68. The summed E-state index contributed by atoms with van der Waals surface area (Å²) in [6.45, 7) is 0.0391. The van der Waals surface area contributed by atoms with Gasteiger partial charge >= 0.3 is 5.69 Å². The van der Waals surface area contributed by atoms with Gasteiger partial charge in [-0.1, -0.05) is 19.3 Å². The minimum absolute atomic E-state index is 0.0391. The summed E-state index contributed by atoms with van der Waals surface area (Å²) in [6.07, 6.45) is 4.75. The van der Waals surface area contributed by atoms with Crippen LogP contribution in [0.2, 0.25) is 0 Å². The molecule has 1 aliphatic rings. The summed E-state index contributed by atoms with van der Waals surface area (Å²) in [5, 5.41) is 29.9. The lowest BCUT2D eigenvalue weighted by molar-refractivity contribution is -0.386. The molecule has 0 aliphatic heterocycles. The van der Waals surface area contributed by atoms with Crippen LogP contribution >= 0.6 is 0 Å². The van der Waals surface area contributed by atoms with E-state index < -0.39 is 11.0 Å². The first-order chi connectivity index (χ1) is 10.1. The normalized spacial score (nSPS) is 17.0. The van der Waals surface area contributed by atoms with Crippen LogP contribution in [0.3, 0.4) is 0 Å². The van der Waals surface area contributed by atoms with Gasteiger partial charge in [0.1, 0.15) is 6.61 Å². The van der Waals surface area contributed by atoms with Crippen LogP contribution in [-0.2, 0) is 0 Å². The number of nitrogens with zero attached hydrogens (tertiary/aromatic N) is 2. The third kappa shape index (κ3) is 3.92. The van der Waals surface area contributed by atoms with E-state index in [1.165, 1.54) is 24.6 Å². The minimum atomic E-state index is -0.611. The van der Waals surface area contributed by atoms with Crippen LogP contribution in [0.25, 0.3) is 0 Å². The topological polar surface area (TPSA) is 96.4 Å². The van der Waals surface area contributed by atoms with Crippen molar-refractivity contribution in [2.45, 2.75) is 38.2 Å². The smallest absolute Gasteiger partial charge is 0.312 e. The van der Waals surface area contributed by atoms with Crippen molar-refractivity contribution in [3.05, 3.63) is 33.9 Å². The number of nitriles is 1. The zero-order valence-electron chi connectivity index (χ0n) is 11.7. The lowest BCUT2D eigenvalue weighted by atomic mass is 9.85. The molecule has 1 fully saturated rings. The van der Waals surface area contributed by atoms with Crippen molar-refractivity contribution in [3.63, 3.8) is 0 Å². The molecular formula is C15H18N2O4. The zero-order valence-corrected chi connectivity index (χ0v) is 11.7. The maximum atomic E-state index is 11.0. The average Bonchev–Trinajstić information content (AvgIpc) is 2.53. The van der Waals surface area contributed by atoms with Gasteiger partial charge in [-0.15, -0.1) is 0 Å². The molecule has 0 unspecified atom stereocenters. The maximum Gasteiger partial charge on any atom is 0.312 e. The maximum absolute atomic E-state index is 11.0. The van der Waals surface area contributed by atoms with Gasteiger partial charge in [-0.2, -0.15) is 5.26 Å². The Kier molecular flexibility index (Phi) is 5.12. The van der Waals surface area contributed by atoms with Gasteiger partial charge in [-0.3, -0.25) is 10.1 Å². The molecule has 1 aromatic carbocycles. The van der Waals surface area contributed by atoms with Crippen molar-refractivity contribution in [2.24, 2.45) is 5.92 Å². The van der Waals surface area contributed by atoms with Crippen LogP contribution in [0.5, 0.6) is 5.75 Å². The Labute approximate surface area is 123 Å². The van der Waals surface area contributed by atoms with Crippen LogP contribution in [0.1, 0.15) is 37.7 Å². The first-order valence-corrected chi connectivity index (χ1v) is 7.11. The number of nitro benzene ring substituents is 1. The first-order valence-electron chi connectivity index (χ1n) is 7.11. The summed E-state index contributed by atoms with van der Waals surface area (Å²) < 4.78 is 5.41. The van der Waals surface area contributed by atoms with Gasteiger partial charge in [-0.25, -0.2) is 0 Å². The molecule has 0 heterocycles. The lowest BCUT2D eigenvalue weighted by Gasteiger charge is -2.26. The summed E-state index contributed by atoms with van der Waals surface area (Å²) in [5.74, 6) is 0.296. The minimum Gasteiger partial charge on any atom is -0.484 e. The Morgan fingerprint density at radius 2 is 2.14 bits per heavy atom. The molecule has 0 saturated heterocycles. The number of aliphatic hydroxyl groups excluding tert-OH is 1. The van der Waals surface area contributed by atoms with Gasteiger partial charge in [0.2, 0.25) is 0 Å². The molecule has 1 aromatic rings. The second-order valence-electron chi connectivity index (χ2n) is 5.33. The van der Waals surface area contributed by atoms with Crippen LogP contribution < -0.4 is 4.74 Å². The number of nitro groups is 1. The Balaban J connectivity index is 2.02. The Morgan fingerprint density at radius 1 is 1.43 bits per heavy atom. The number of aliphatic hydroxyl groups is 1. The monoisotopic (exact) mass is 290 g/mol. The molecular weight excluding hydrogens is 272 g/mol. The molecule has 0 spiro atoms. The van der Waals surface area contributed by atoms with Crippen molar-refractivity contribution >= 4 is 5.69 Å². The molecule has 1 atom stereocenters.